The van der Waals surface area contributed by atoms with Crippen LogP contribution in [0.1, 0.15) is 45.1 Å². The largest absolute Gasteiger partial charge is 0.481 e. The van der Waals surface area contributed by atoms with Gasteiger partial charge in [0.1, 0.15) is 6.10 Å². The highest BCUT2D eigenvalue weighted by Crippen LogP contribution is 2.38. The van der Waals surface area contributed by atoms with Crippen LogP contribution in [-0.2, 0) is 16.1 Å². The van der Waals surface area contributed by atoms with Crippen molar-refractivity contribution in [1.82, 2.24) is 14.9 Å². The fourth-order valence-electron chi connectivity index (χ4n) is 4.69. The molecule has 4 rings (SSSR count). The second kappa shape index (κ2) is 8.36. The summed E-state index contributed by atoms with van der Waals surface area (Å²) in [6.07, 6.45) is 5.68. The minimum atomic E-state index is -0.355. The van der Waals surface area contributed by atoms with E-state index in [0.29, 0.717) is 17.4 Å². The number of hydrogen-bond acceptors (Lipinski definition) is 6. The number of Topliss-reactive ketones (excluding diaryl/α,β-unsaturated/α-hetero) is 1. The zero-order valence-corrected chi connectivity index (χ0v) is 17.7. The first-order valence-electron chi connectivity index (χ1n) is 10.7. The monoisotopic (exact) mass is 397 g/mol. The number of ketones is 1. The van der Waals surface area contributed by atoms with E-state index in [1.54, 1.807) is 7.11 Å². The molecule has 0 aliphatic carbocycles. The first kappa shape index (κ1) is 20.2. The van der Waals surface area contributed by atoms with Crippen molar-refractivity contribution < 1.29 is 14.3 Å². The van der Waals surface area contributed by atoms with Gasteiger partial charge in [-0.2, -0.15) is 4.98 Å². The summed E-state index contributed by atoms with van der Waals surface area (Å²) in [5.41, 5.74) is 1.57. The molecule has 2 aliphatic rings. The maximum atomic E-state index is 13.1. The number of carbonyl (C=O) groups excluding carboxylic acids is 1. The summed E-state index contributed by atoms with van der Waals surface area (Å²) in [5.74, 6) is 1.22. The Balaban J connectivity index is 1.45. The highest BCUT2D eigenvalue weighted by Gasteiger charge is 2.43. The quantitative estimate of drug-likeness (QED) is 0.742. The van der Waals surface area contributed by atoms with E-state index in [2.05, 4.69) is 34.8 Å². The van der Waals surface area contributed by atoms with Crippen LogP contribution in [0.2, 0.25) is 0 Å². The van der Waals surface area contributed by atoms with E-state index < -0.39 is 0 Å². The summed E-state index contributed by atoms with van der Waals surface area (Å²) in [6.45, 7) is 7.71. The first-order valence-corrected chi connectivity index (χ1v) is 10.7. The van der Waals surface area contributed by atoms with E-state index in [0.717, 1.165) is 57.3 Å². The average molecular weight is 398 g/mol. The van der Waals surface area contributed by atoms with Gasteiger partial charge in [-0.1, -0.05) is 13.8 Å². The molecule has 2 aromatic rings. The molecule has 2 fully saturated rings. The summed E-state index contributed by atoms with van der Waals surface area (Å²) in [6, 6.07) is 5.98. The number of carbonyl (C=O) groups is 1. The lowest BCUT2D eigenvalue weighted by molar-refractivity contribution is -0.144. The van der Waals surface area contributed by atoms with Gasteiger partial charge in [0.25, 0.3) is 0 Å². The van der Waals surface area contributed by atoms with Crippen LogP contribution < -0.4 is 4.74 Å². The number of nitrogens with zero attached hydrogens (tertiary/aromatic N) is 3. The molecular formula is C23H31N3O3. The van der Waals surface area contributed by atoms with Crippen molar-refractivity contribution in [2.24, 2.45) is 11.3 Å². The highest BCUT2D eigenvalue weighted by atomic mass is 16.5. The third-order valence-electron chi connectivity index (χ3n) is 6.67. The van der Waals surface area contributed by atoms with Crippen molar-refractivity contribution in [2.45, 2.75) is 52.2 Å². The molecule has 0 spiro atoms. The molecule has 0 aromatic carbocycles. The van der Waals surface area contributed by atoms with Gasteiger partial charge in [0.2, 0.25) is 5.88 Å². The van der Waals surface area contributed by atoms with Crippen LogP contribution in [0, 0.1) is 11.3 Å². The molecule has 2 unspecified atom stereocenters. The van der Waals surface area contributed by atoms with Gasteiger partial charge in [0.15, 0.2) is 11.4 Å². The van der Waals surface area contributed by atoms with Crippen molar-refractivity contribution in [3.8, 4) is 5.88 Å². The number of likely N-dealkylation sites (tertiary alicyclic amines) is 1. The Hall–Kier alpha value is -2.05. The second-order valence-electron chi connectivity index (χ2n) is 8.86. The zero-order chi connectivity index (χ0) is 20.4. The highest BCUT2D eigenvalue weighted by molar-refractivity contribution is 5.88. The van der Waals surface area contributed by atoms with E-state index >= 15 is 0 Å². The normalized spacial score (nSPS) is 23.4. The van der Waals surface area contributed by atoms with Crippen molar-refractivity contribution >= 4 is 16.8 Å². The third-order valence-corrected chi connectivity index (χ3v) is 6.67. The SMILES string of the molecule is COc1ccc2c(CN3CCC(C(C)(C)C(=O)C4CCCCO4)C3)ccnc2n1. The van der Waals surface area contributed by atoms with Crippen LogP contribution in [-0.4, -0.2) is 53.6 Å². The molecule has 0 bridgehead atoms. The lowest BCUT2D eigenvalue weighted by Gasteiger charge is -2.35. The van der Waals surface area contributed by atoms with Gasteiger partial charge in [0.05, 0.1) is 7.11 Å². The number of fused-ring (bicyclic) bond motifs is 1. The Bertz CT molecular complexity index is 877. The summed E-state index contributed by atoms with van der Waals surface area (Å²) in [7, 11) is 1.61. The van der Waals surface area contributed by atoms with Crippen molar-refractivity contribution in [2.75, 3.05) is 26.8 Å². The topological polar surface area (TPSA) is 64.5 Å². The van der Waals surface area contributed by atoms with Gasteiger partial charge in [0, 0.05) is 42.8 Å². The zero-order valence-electron chi connectivity index (χ0n) is 17.7. The van der Waals surface area contributed by atoms with E-state index in [9.17, 15) is 4.79 Å². The molecule has 0 N–H and O–H groups in total. The number of aromatic nitrogens is 2. The summed E-state index contributed by atoms with van der Waals surface area (Å²) in [5, 5.41) is 1.06. The van der Waals surface area contributed by atoms with E-state index in [4.69, 9.17) is 9.47 Å². The minimum absolute atomic E-state index is 0.210. The molecule has 0 radical (unpaired) electrons. The Morgan fingerprint density at radius 3 is 2.90 bits per heavy atom. The lowest BCUT2D eigenvalue weighted by Crippen LogP contribution is -2.43. The molecule has 0 amide bonds. The maximum absolute atomic E-state index is 13.1. The first-order chi connectivity index (χ1) is 14.0. The molecule has 0 saturated carbocycles. The summed E-state index contributed by atoms with van der Waals surface area (Å²) >= 11 is 0. The molecule has 2 atom stereocenters. The van der Waals surface area contributed by atoms with Gasteiger partial charge in [-0.3, -0.25) is 9.69 Å². The van der Waals surface area contributed by atoms with E-state index in [-0.39, 0.29) is 17.3 Å². The molecule has 6 heteroatoms. The molecule has 29 heavy (non-hydrogen) atoms. The van der Waals surface area contributed by atoms with Crippen LogP contribution in [0.25, 0.3) is 11.0 Å². The fourth-order valence-corrected chi connectivity index (χ4v) is 4.69. The van der Waals surface area contributed by atoms with Crippen molar-refractivity contribution in [3.63, 3.8) is 0 Å². The summed E-state index contributed by atoms with van der Waals surface area (Å²) in [4.78, 5) is 24.4. The lowest BCUT2D eigenvalue weighted by atomic mass is 9.72. The van der Waals surface area contributed by atoms with Crippen LogP contribution in [0.15, 0.2) is 24.4 Å². The van der Waals surface area contributed by atoms with Gasteiger partial charge in [-0.05, 0) is 55.8 Å². The predicted octanol–water partition coefficient (Wildman–Crippen LogP) is 3.62. The van der Waals surface area contributed by atoms with Gasteiger partial charge < -0.3 is 9.47 Å². The molecular weight excluding hydrogens is 366 g/mol. The molecule has 2 saturated heterocycles. The van der Waals surface area contributed by atoms with Gasteiger partial charge in [-0.25, -0.2) is 4.98 Å². The number of rotatable bonds is 6. The number of hydrogen-bond donors (Lipinski definition) is 0. The van der Waals surface area contributed by atoms with Gasteiger partial charge >= 0.3 is 0 Å². The molecule has 2 aromatic heterocycles. The minimum Gasteiger partial charge on any atom is -0.481 e. The standard InChI is InChI=1S/C23H31N3O3/c1-23(2,21(27)19-6-4-5-13-29-19)17-10-12-26(15-17)14-16-9-11-24-22-18(16)7-8-20(25-22)28-3/h7-9,11,17,19H,4-6,10,12-15H2,1-3H3. The van der Waals surface area contributed by atoms with E-state index in [1.807, 2.05) is 18.3 Å². The smallest absolute Gasteiger partial charge is 0.215 e. The predicted molar refractivity (Wildman–Crippen MR) is 112 cm³/mol. The Morgan fingerprint density at radius 1 is 1.28 bits per heavy atom. The van der Waals surface area contributed by atoms with Crippen LogP contribution >= 0.6 is 0 Å². The maximum Gasteiger partial charge on any atom is 0.215 e. The number of pyridine rings is 2. The molecule has 156 valence electrons. The Kier molecular flexibility index (Phi) is 5.83. The Labute approximate surface area is 172 Å². The van der Waals surface area contributed by atoms with E-state index in [1.165, 1.54) is 5.56 Å². The van der Waals surface area contributed by atoms with Crippen molar-refractivity contribution in [3.05, 3.63) is 30.0 Å². The third kappa shape index (κ3) is 4.14. The Morgan fingerprint density at radius 2 is 2.14 bits per heavy atom. The van der Waals surface area contributed by atoms with Gasteiger partial charge in [-0.15, -0.1) is 0 Å². The second-order valence-corrected chi connectivity index (χ2v) is 8.86. The van der Waals surface area contributed by atoms with Crippen LogP contribution in [0.4, 0.5) is 0 Å². The molecule has 6 nitrogen and oxygen atoms in total. The fraction of sp³-hybridized carbons (Fsp3) is 0.609. The summed E-state index contributed by atoms with van der Waals surface area (Å²) < 4.78 is 11.0. The van der Waals surface area contributed by atoms with Crippen molar-refractivity contribution in [1.29, 1.82) is 0 Å². The number of methoxy groups -OCH3 is 1. The van der Waals surface area contributed by atoms with Crippen LogP contribution in [0.5, 0.6) is 5.88 Å². The number of ether oxygens (including phenoxy) is 2. The average Bonchev–Trinajstić information content (AvgIpc) is 3.23. The van der Waals surface area contributed by atoms with Crippen LogP contribution in [0.3, 0.4) is 0 Å². The molecule has 2 aliphatic heterocycles. The molecule has 4 heterocycles.